The van der Waals surface area contributed by atoms with Crippen molar-refractivity contribution in [1.29, 1.82) is 0 Å². The second kappa shape index (κ2) is 5.75. The molecule has 6 nitrogen and oxygen atoms in total. The van der Waals surface area contributed by atoms with Gasteiger partial charge in [0.2, 0.25) is 5.75 Å². The third kappa shape index (κ3) is 3.05. The number of hydrogen-bond donors (Lipinski definition) is 2. The first-order valence-corrected chi connectivity index (χ1v) is 6.19. The maximum Gasteiger partial charge on any atom is 0.204 e. The van der Waals surface area contributed by atoms with Gasteiger partial charge in [-0.05, 0) is 12.1 Å². The summed E-state index contributed by atoms with van der Waals surface area (Å²) in [6.07, 6.45) is 1.37. The Kier molecular flexibility index (Phi) is 4.06. The normalized spacial score (nSPS) is 10.1. The van der Waals surface area contributed by atoms with E-state index in [-0.39, 0.29) is 5.82 Å². The molecule has 0 atom stereocenters. The van der Waals surface area contributed by atoms with E-state index in [1.54, 1.807) is 7.11 Å². The van der Waals surface area contributed by atoms with E-state index in [1.807, 2.05) is 18.2 Å². The molecule has 100 valence electrons. The second-order valence-corrected chi connectivity index (χ2v) is 4.56. The van der Waals surface area contributed by atoms with Gasteiger partial charge in [0.05, 0.1) is 14.2 Å². The molecule has 19 heavy (non-hydrogen) atoms. The number of benzene rings is 1. The Bertz CT molecular complexity index is 592. The Morgan fingerprint density at radius 3 is 2.63 bits per heavy atom. The summed E-state index contributed by atoms with van der Waals surface area (Å²) in [4.78, 5) is 7.98. The summed E-state index contributed by atoms with van der Waals surface area (Å²) in [6.45, 7) is 0. The summed E-state index contributed by atoms with van der Waals surface area (Å²) in [5, 5.41) is 3.11. The van der Waals surface area contributed by atoms with Crippen LogP contribution in [0.1, 0.15) is 0 Å². The van der Waals surface area contributed by atoms with Crippen molar-refractivity contribution >= 4 is 33.3 Å². The average Bonchev–Trinajstić information content (AvgIpc) is 2.38. The topological polar surface area (TPSA) is 82.3 Å². The Hall–Kier alpha value is -2.02. The van der Waals surface area contributed by atoms with E-state index in [2.05, 4.69) is 31.2 Å². The minimum atomic E-state index is 0.280. The van der Waals surface area contributed by atoms with Crippen LogP contribution in [0.3, 0.4) is 0 Å². The first-order valence-electron chi connectivity index (χ1n) is 5.40. The average molecular weight is 325 g/mol. The van der Waals surface area contributed by atoms with Crippen molar-refractivity contribution in [1.82, 2.24) is 9.97 Å². The lowest BCUT2D eigenvalue weighted by atomic mass is 10.3. The number of methoxy groups -OCH3 is 2. The standard InChI is InChI=1S/C12H13BrN4O2/c1-18-9-4-7(13)3-8(5-9)17-12-10(19-2)11(14)15-6-16-12/h3-6H,1-2H3,(H3,14,15,16,17). The molecule has 0 amide bonds. The summed E-state index contributed by atoms with van der Waals surface area (Å²) in [7, 11) is 3.12. The molecule has 0 aliphatic carbocycles. The Morgan fingerprint density at radius 1 is 1.16 bits per heavy atom. The van der Waals surface area contributed by atoms with E-state index in [0.29, 0.717) is 11.6 Å². The van der Waals surface area contributed by atoms with Crippen LogP contribution in [0.4, 0.5) is 17.3 Å². The lowest BCUT2D eigenvalue weighted by Gasteiger charge is -2.12. The minimum absolute atomic E-state index is 0.280. The van der Waals surface area contributed by atoms with Gasteiger partial charge in [0.25, 0.3) is 0 Å². The van der Waals surface area contributed by atoms with Gasteiger partial charge in [-0.3, -0.25) is 0 Å². The molecule has 0 saturated heterocycles. The highest BCUT2D eigenvalue weighted by molar-refractivity contribution is 9.10. The number of hydrogen-bond acceptors (Lipinski definition) is 6. The van der Waals surface area contributed by atoms with Gasteiger partial charge in [-0.1, -0.05) is 15.9 Å². The van der Waals surface area contributed by atoms with Gasteiger partial charge < -0.3 is 20.5 Å². The molecule has 0 fully saturated rings. The SMILES string of the molecule is COc1cc(Br)cc(Nc2ncnc(N)c2OC)c1. The summed E-state index contributed by atoms with van der Waals surface area (Å²) in [5.74, 6) is 1.90. The molecule has 0 aliphatic rings. The van der Waals surface area contributed by atoms with Gasteiger partial charge in [-0.15, -0.1) is 0 Å². The number of anilines is 3. The number of aromatic nitrogens is 2. The van der Waals surface area contributed by atoms with Crippen molar-refractivity contribution < 1.29 is 9.47 Å². The van der Waals surface area contributed by atoms with E-state index in [4.69, 9.17) is 15.2 Å². The van der Waals surface area contributed by atoms with Crippen LogP contribution in [-0.4, -0.2) is 24.2 Å². The van der Waals surface area contributed by atoms with Crippen molar-refractivity contribution in [2.45, 2.75) is 0 Å². The number of nitrogens with one attached hydrogen (secondary N) is 1. The molecule has 1 heterocycles. The van der Waals surface area contributed by atoms with Crippen LogP contribution in [0, 0.1) is 0 Å². The largest absolute Gasteiger partial charge is 0.497 e. The van der Waals surface area contributed by atoms with Crippen molar-refractivity contribution in [3.8, 4) is 11.5 Å². The van der Waals surface area contributed by atoms with Gasteiger partial charge in [0.1, 0.15) is 12.1 Å². The molecule has 1 aromatic heterocycles. The monoisotopic (exact) mass is 324 g/mol. The minimum Gasteiger partial charge on any atom is -0.497 e. The van der Waals surface area contributed by atoms with E-state index in [0.717, 1.165) is 15.9 Å². The lowest BCUT2D eigenvalue weighted by Crippen LogP contribution is -2.02. The van der Waals surface area contributed by atoms with Crippen molar-refractivity contribution in [2.75, 3.05) is 25.3 Å². The highest BCUT2D eigenvalue weighted by Gasteiger charge is 2.10. The van der Waals surface area contributed by atoms with Gasteiger partial charge >= 0.3 is 0 Å². The van der Waals surface area contributed by atoms with E-state index in [1.165, 1.54) is 13.4 Å². The van der Waals surface area contributed by atoms with Crippen LogP contribution in [0.5, 0.6) is 11.5 Å². The number of ether oxygens (including phenoxy) is 2. The maximum absolute atomic E-state index is 5.72. The molecule has 1 aromatic carbocycles. The highest BCUT2D eigenvalue weighted by atomic mass is 79.9. The predicted molar refractivity (Wildman–Crippen MR) is 77.0 cm³/mol. The maximum atomic E-state index is 5.72. The van der Waals surface area contributed by atoms with Gasteiger partial charge in [-0.25, -0.2) is 9.97 Å². The van der Waals surface area contributed by atoms with Gasteiger partial charge in [-0.2, -0.15) is 0 Å². The third-order valence-electron chi connectivity index (χ3n) is 2.41. The molecule has 0 radical (unpaired) electrons. The van der Waals surface area contributed by atoms with Crippen molar-refractivity contribution in [3.63, 3.8) is 0 Å². The zero-order chi connectivity index (χ0) is 13.8. The molecule has 3 N–H and O–H groups in total. The number of halogens is 1. The van der Waals surface area contributed by atoms with E-state index in [9.17, 15) is 0 Å². The summed E-state index contributed by atoms with van der Waals surface area (Å²) >= 11 is 3.41. The van der Waals surface area contributed by atoms with Crippen LogP contribution in [-0.2, 0) is 0 Å². The summed E-state index contributed by atoms with van der Waals surface area (Å²) in [6, 6.07) is 5.58. The molecule has 0 unspecified atom stereocenters. The van der Waals surface area contributed by atoms with Gasteiger partial charge in [0.15, 0.2) is 11.6 Å². The molecule has 2 rings (SSSR count). The molecule has 0 aliphatic heterocycles. The molecule has 0 saturated carbocycles. The van der Waals surface area contributed by atoms with Gasteiger partial charge in [0, 0.05) is 16.2 Å². The van der Waals surface area contributed by atoms with Crippen LogP contribution in [0.15, 0.2) is 29.0 Å². The van der Waals surface area contributed by atoms with Crippen molar-refractivity contribution in [3.05, 3.63) is 29.0 Å². The zero-order valence-corrected chi connectivity index (χ0v) is 12.1. The fourth-order valence-corrected chi connectivity index (χ4v) is 2.04. The van der Waals surface area contributed by atoms with E-state index < -0.39 is 0 Å². The number of rotatable bonds is 4. The van der Waals surface area contributed by atoms with Crippen LogP contribution < -0.4 is 20.5 Å². The number of nitrogens with two attached hydrogens (primary N) is 1. The Labute approximate surface area is 119 Å². The van der Waals surface area contributed by atoms with E-state index >= 15 is 0 Å². The number of nitrogen functional groups attached to an aromatic ring is 1. The van der Waals surface area contributed by atoms with Crippen molar-refractivity contribution in [2.24, 2.45) is 0 Å². The van der Waals surface area contributed by atoms with Crippen LogP contribution in [0.25, 0.3) is 0 Å². The fraction of sp³-hybridized carbons (Fsp3) is 0.167. The molecular weight excluding hydrogens is 312 g/mol. The Balaban J connectivity index is 2.36. The Morgan fingerprint density at radius 2 is 1.95 bits per heavy atom. The fourth-order valence-electron chi connectivity index (χ4n) is 1.57. The predicted octanol–water partition coefficient (Wildman–Crippen LogP) is 2.58. The highest BCUT2D eigenvalue weighted by Crippen LogP contribution is 2.31. The first kappa shape index (κ1) is 13.4. The van der Waals surface area contributed by atoms with Crippen LogP contribution in [0.2, 0.25) is 0 Å². The molecule has 7 heteroatoms. The summed E-state index contributed by atoms with van der Waals surface area (Å²) in [5.41, 5.74) is 6.52. The second-order valence-electron chi connectivity index (χ2n) is 3.65. The smallest absolute Gasteiger partial charge is 0.204 e. The quantitative estimate of drug-likeness (QED) is 0.899. The third-order valence-corrected chi connectivity index (χ3v) is 2.86. The molecule has 0 spiro atoms. The summed E-state index contributed by atoms with van der Waals surface area (Å²) < 4.78 is 11.3. The first-order chi connectivity index (χ1) is 9.13. The molecular formula is C12H13BrN4O2. The van der Waals surface area contributed by atoms with Crippen LogP contribution >= 0.6 is 15.9 Å². The molecule has 0 bridgehead atoms. The lowest BCUT2D eigenvalue weighted by molar-refractivity contribution is 0.414. The molecule has 2 aromatic rings. The zero-order valence-electron chi connectivity index (χ0n) is 10.5. The number of nitrogens with zero attached hydrogens (tertiary/aromatic N) is 2.